The number of hydrogen-bond acceptors (Lipinski definition) is 21. The Morgan fingerprint density at radius 2 is 0.892 bits per heavy atom. The molecule has 27 heteroatoms. The minimum atomic E-state index is -0.937. The number of fused-ring (bicyclic) bond motifs is 3. The number of aryl methyl sites for hydroxylation is 9. The smallest absolute Gasteiger partial charge is 0.326 e. The number of aliphatic carboxylic acids is 3. The number of nitrogens with zero attached hydrogens (tertiary/aromatic N) is 12. The number of anilines is 2. The second kappa shape index (κ2) is 47.9. The van der Waals surface area contributed by atoms with Crippen molar-refractivity contribution in [3.8, 4) is 0 Å². The number of nitrogens with two attached hydrogens (primary N) is 1. The molecular formula is C75H110Br2ClN15O9. The molecule has 0 aliphatic heterocycles. The zero-order valence-corrected chi connectivity index (χ0v) is 64.6. The molecule has 0 radical (unpaired) electrons. The van der Waals surface area contributed by atoms with E-state index in [0.717, 1.165) is 127 Å². The van der Waals surface area contributed by atoms with Crippen LogP contribution in [-0.4, -0.2) is 209 Å². The largest absolute Gasteiger partial charge is 0.480 e. The average molecular weight is 1560 g/mol. The summed E-state index contributed by atoms with van der Waals surface area (Å²) in [6.07, 6.45) is 34.3. The van der Waals surface area contributed by atoms with Gasteiger partial charge >= 0.3 is 17.9 Å². The number of carboxylic acids is 3. The average Bonchev–Trinajstić information content (AvgIpc) is 0.884. The highest BCUT2D eigenvalue weighted by Gasteiger charge is 2.24. The lowest BCUT2D eigenvalue weighted by Gasteiger charge is -2.27. The number of ether oxygens (including phenoxy) is 3. The summed E-state index contributed by atoms with van der Waals surface area (Å²) in [5.74, 6) is -1.72. The molecule has 6 aromatic heterocycles. The van der Waals surface area contributed by atoms with Gasteiger partial charge in [0.15, 0.2) is 0 Å². The summed E-state index contributed by atoms with van der Waals surface area (Å²) in [7, 11) is 5.12. The Kier molecular flexibility index (Phi) is 39.7. The molecule has 0 spiro atoms. The van der Waals surface area contributed by atoms with Crippen LogP contribution in [0.3, 0.4) is 0 Å². The topological polar surface area (TPSA) is 315 Å². The van der Waals surface area contributed by atoms with Gasteiger partial charge in [0.2, 0.25) is 0 Å². The minimum absolute atomic E-state index is 0.0783. The molecule has 9 rings (SSSR count). The SMILES string of the molecule is CO[C@H](C)CN(CCCCc1ccc2c(n1)CCCC2)CC[C@H](N)C(=O)O.CO[C@H](C)CN(CCCCc1ccc2c(n1)CCCC2)CC[C@H](Nc1ccncn1)C(=O)O.CO[C@H](C)CN(CCCCc1ccc2c(n1)CCCC2)CC[C@H](Nc1ncncc1Br)C(=O)O.Clc1ncncc1Br. The van der Waals surface area contributed by atoms with E-state index in [-0.39, 0.29) is 18.3 Å². The quantitative estimate of drug-likeness (QED) is 0.0154. The Hall–Kier alpha value is -6.33. The van der Waals surface area contributed by atoms with E-state index in [9.17, 15) is 24.6 Å². The summed E-state index contributed by atoms with van der Waals surface area (Å²) >= 11 is 12.0. The molecule has 7 N–H and O–H groups in total. The molecule has 0 bridgehead atoms. The molecule has 560 valence electrons. The molecule has 0 saturated heterocycles. The summed E-state index contributed by atoms with van der Waals surface area (Å²) in [6.45, 7) is 13.1. The molecule has 6 heterocycles. The number of aromatic nitrogens is 9. The van der Waals surface area contributed by atoms with Crippen molar-refractivity contribution in [2.75, 3.05) is 90.9 Å². The third kappa shape index (κ3) is 32.4. The van der Waals surface area contributed by atoms with Crippen LogP contribution in [0.1, 0.15) is 168 Å². The van der Waals surface area contributed by atoms with E-state index in [1.807, 2.05) is 20.8 Å². The fourth-order valence-electron chi connectivity index (χ4n) is 12.4. The monoisotopic (exact) mass is 1560 g/mol. The van der Waals surface area contributed by atoms with Crippen LogP contribution in [0.25, 0.3) is 0 Å². The first-order valence-electron chi connectivity index (χ1n) is 36.3. The van der Waals surface area contributed by atoms with Gasteiger partial charge in [-0.2, -0.15) is 0 Å². The second-order valence-electron chi connectivity index (χ2n) is 26.6. The molecule has 24 nitrogen and oxygen atoms in total. The number of carboxylic acid groups (broad SMARTS) is 3. The van der Waals surface area contributed by atoms with Crippen molar-refractivity contribution in [3.63, 3.8) is 0 Å². The van der Waals surface area contributed by atoms with Gasteiger partial charge in [-0.25, -0.2) is 39.5 Å². The van der Waals surface area contributed by atoms with Crippen LogP contribution in [-0.2, 0) is 86.4 Å². The lowest BCUT2D eigenvalue weighted by Crippen LogP contribution is -2.38. The molecule has 102 heavy (non-hydrogen) atoms. The van der Waals surface area contributed by atoms with Gasteiger partial charge in [0.1, 0.15) is 53.9 Å². The standard InChI is InChI=1S/C25H36BrN5O3.C25H37N5O3.C21H35N3O3.C4H2BrClN2/c1-18(34-2)16-31(14-12-23(25(32)33)30-24-21(26)15-27-17-28-24)13-6-5-8-20-11-10-19-7-3-4-9-22(19)29-20;1-19(33-2)17-30(16-13-23(25(31)32)29-24-12-14-26-18-27-24)15-6-5-8-21-11-10-20-7-3-4-9-22(20)28-21;1-16(27-2)15-24(14-12-19(22)21(25)26)13-6-5-8-18-11-10-17-7-3-4-9-20(17)23-18;5-3-1-7-2-8-4(3)6/h10-11,15,17-18,23H,3-9,12-14,16H2,1-2H3,(H,32,33)(H,27,28,30);10-12,14,18-19,23H,3-9,13,15-17H2,1-2H3,(H,31,32)(H,26,27,29);10-11,16,19H,3-9,12-15,22H2,1-2H3,(H,25,26);1-2H/t18-,23+;19-,23+;16-,19+;/m111./s1. The van der Waals surface area contributed by atoms with Crippen LogP contribution in [0, 0.1) is 0 Å². The van der Waals surface area contributed by atoms with Gasteiger partial charge in [-0.1, -0.05) is 29.8 Å². The molecule has 0 amide bonds. The van der Waals surface area contributed by atoms with Gasteiger partial charge < -0.3 is 60.6 Å². The second-order valence-corrected chi connectivity index (χ2v) is 28.7. The Morgan fingerprint density at radius 1 is 0.500 bits per heavy atom. The number of rotatable bonds is 40. The molecule has 3 aliphatic rings. The van der Waals surface area contributed by atoms with E-state index >= 15 is 0 Å². The highest BCUT2D eigenvalue weighted by atomic mass is 79.9. The first kappa shape index (κ1) is 84.6. The van der Waals surface area contributed by atoms with E-state index in [1.165, 1.54) is 121 Å². The Labute approximate surface area is 625 Å². The Morgan fingerprint density at radius 3 is 1.25 bits per heavy atom. The van der Waals surface area contributed by atoms with Crippen LogP contribution in [0.15, 0.2) is 89.0 Å². The summed E-state index contributed by atoms with van der Waals surface area (Å²) in [4.78, 5) is 79.4. The highest BCUT2D eigenvalue weighted by Crippen LogP contribution is 2.25. The first-order valence-corrected chi connectivity index (χ1v) is 38.2. The van der Waals surface area contributed by atoms with Crippen molar-refractivity contribution in [1.29, 1.82) is 0 Å². The summed E-state index contributed by atoms with van der Waals surface area (Å²) in [5.41, 5.74) is 17.4. The molecule has 6 atom stereocenters. The summed E-state index contributed by atoms with van der Waals surface area (Å²) in [5, 5.41) is 34.8. The highest BCUT2D eigenvalue weighted by molar-refractivity contribution is 9.11. The van der Waals surface area contributed by atoms with Gasteiger partial charge in [0, 0.05) is 113 Å². The van der Waals surface area contributed by atoms with Gasteiger partial charge in [0.05, 0.1) is 27.3 Å². The van der Waals surface area contributed by atoms with Gasteiger partial charge in [-0.3, -0.25) is 19.7 Å². The molecule has 0 fully saturated rings. The third-order valence-electron chi connectivity index (χ3n) is 18.6. The first-order chi connectivity index (χ1) is 49.3. The van der Waals surface area contributed by atoms with E-state index in [1.54, 1.807) is 46.0 Å². The maximum atomic E-state index is 11.9. The predicted octanol–water partition coefficient (Wildman–Crippen LogP) is 11.8. The maximum absolute atomic E-state index is 11.9. The number of nitrogens with one attached hydrogen (secondary N) is 2. The molecule has 0 aromatic carbocycles. The van der Waals surface area contributed by atoms with Crippen molar-refractivity contribution in [1.82, 2.24) is 59.6 Å². The number of methoxy groups -OCH3 is 3. The van der Waals surface area contributed by atoms with Crippen LogP contribution in [0.2, 0.25) is 5.15 Å². The number of unbranched alkanes of at least 4 members (excludes halogenated alkanes) is 3. The lowest BCUT2D eigenvalue weighted by molar-refractivity contribution is -0.139. The number of pyridine rings is 3. The minimum Gasteiger partial charge on any atom is -0.480 e. The Balaban J connectivity index is 0.000000229. The van der Waals surface area contributed by atoms with E-state index in [0.29, 0.717) is 60.2 Å². The van der Waals surface area contributed by atoms with Crippen LogP contribution in [0.5, 0.6) is 0 Å². The van der Waals surface area contributed by atoms with Crippen LogP contribution < -0.4 is 16.4 Å². The predicted molar refractivity (Wildman–Crippen MR) is 406 cm³/mol. The third-order valence-corrected chi connectivity index (χ3v) is 20.3. The van der Waals surface area contributed by atoms with Crippen molar-refractivity contribution in [2.45, 2.75) is 211 Å². The lowest BCUT2D eigenvalue weighted by atomic mass is 9.95. The normalized spacial score (nSPS) is 14.9. The van der Waals surface area contributed by atoms with Crippen LogP contribution in [0.4, 0.5) is 11.6 Å². The summed E-state index contributed by atoms with van der Waals surface area (Å²) < 4.78 is 17.7. The molecular weight excluding hydrogens is 1450 g/mol. The maximum Gasteiger partial charge on any atom is 0.326 e. The molecule has 0 saturated carbocycles. The fourth-order valence-corrected chi connectivity index (χ4v) is 13.1. The van der Waals surface area contributed by atoms with E-state index in [2.05, 4.69) is 123 Å². The fraction of sp³-hybridized carbons (Fsp3) is 0.600. The van der Waals surface area contributed by atoms with Gasteiger partial charge in [-0.15, -0.1) is 0 Å². The van der Waals surface area contributed by atoms with Gasteiger partial charge in [0.25, 0.3) is 0 Å². The van der Waals surface area contributed by atoms with Gasteiger partial charge in [-0.05, 0) is 267 Å². The number of hydrogen-bond donors (Lipinski definition) is 6. The zero-order chi connectivity index (χ0) is 73.4. The van der Waals surface area contributed by atoms with E-state index in [4.69, 9.17) is 51.6 Å². The van der Waals surface area contributed by atoms with Crippen molar-refractivity contribution >= 4 is 73.0 Å². The number of halogens is 3. The summed E-state index contributed by atoms with van der Waals surface area (Å²) in [6, 6.07) is 12.8. The molecule has 3 aliphatic carbocycles. The number of carbonyl (C=O) groups is 3. The van der Waals surface area contributed by atoms with E-state index < -0.39 is 36.0 Å². The van der Waals surface area contributed by atoms with Crippen molar-refractivity contribution < 1.29 is 43.9 Å². The Bertz CT molecular complexity index is 3390. The van der Waals surface area contributed by atoms with Crippen molar-refractivity contribution in [3.05, 3.63) is 145 Å². The molecule has 6 aromatic rings. The zero-order valence-electron chi connectivity index (χ0n) is 60.7. The molecule has 0 unspecified atom stereocenters. The van der Waals surface area contributed by atoms with Crippen molar-refractivity contribution in [2.24, 2.45) is 5.73 Å². The van der Waals surface area contributed by atoms with Crippen LogP contribution >= 0.6 is 43.5 Å².